The Morgan fingerprint density at radius 3 is 2.61 bits per heavy atom. The van der Waals surface area contributed by atoms with E-state index < -0.39 is 9.84 Å². The zero-order valence-corrected chi connectivity index (χ0v) is 21.3. The lowest BCUT2D eigenvalue weighted by molar-refractivity contribution is -0.130. The molecule has 0 fully saturated rings. The number of benzene rings is 1. The van der Waals surface area contributed by atoms with E-state index in [-0.39, 0.29) is 17.4 Å². The fourth-order valence-corrected chi connectivity index (χ4v) is 6.32. The summed E-state index contributed by atoms with van der Waals surface area (Å²) in [6.07, 6.45) is 5.99. The molecule has 0 radical (unpaired) electrons. The summed E-state index contributed by atoms with van der Waals surface area (Å²) >= 11 is 0. The Morgan fingerprint density at radius 1 is 1.08 bits per heavy atom. The minimum atomic E-state index is -3.04. The predicted octanol–water partition coefficient (Wildman–Crippen LogP) is 2.40. The molecule has 11 heteroatoms. The number of imidazole rings is 1. The molecule has 3 aromatic heterocycles. The average molecular weight is 506 g/mol. The van der Waals surface area contributed by atoms with Crippen molar-refractivity contribution in [1.82, 2.24) is 34.0 Å². The smallest absolute Gasteiger partial charge is 0.219 e. The number of rotatable bonds is 3. The molecule has 0 spiro atoms. The summed E-state index contributed by atoms with van der Waals surface area (Å²) in [7, 11) is 0.759. The van der Waals surface area contributed by atoms with Crippen LogP contribution in [0.3, 0.4) is 0 Å². The van der Waals surface area contributed by atoms with Gasteiger partial charge in [0.05, 0.1) is 41.2 Å². The van der Waals surface area contributed by atoms with Gasteiger partial charge in [0.2, 0.25) is 5.91 Å². The van der Waals surface area contributed by atoms with Crippen LogP contribution < -0.4 is 0 Å². The molecular weight excluding hydrogens is 478 g/mol. The predicted molar refractivity (Wildman–Crippen MR) is 136 cm³/mol. The second-order valence-electron chi connectivity index (χ2n) is 9.52. The molecule has 0 N–H and O–H groups in total. The summed E-state index contributed by atoms with van der Waals surface area (Å²) in [5, 5.41) is 10.0. The van der Waals surface area contributed by atoms with Gasteiger partial charge < -0.3 is 9.47 Å². The maximum atomic E-state index is 12.2. The van der Waals surface area contributed by atoms with Gasteiger partial charge in [0.15, 0.2) is 9.84 Å². The van der Waals surface area contributed by atoms with E-state index in [2.05, 4.69) is 15.7 Å². The van der Waals surface area contributed by atoms with E-state index in [1.165, 1.54) is 0 Å². The molecule has 36 heavy (non-hydrogen) atoms. The molecule has 1 amide bonds. The van der Waals surface area contributed by atoms with Gasteiger partial charge in [0, 0.05) is 56.8 Å². The number of allylic oxidation sites excluding steroid dienone is 1. The standard InChI is InChI=1S/C25H27N7O3S/c1-16(33)31-8-9-32-22(15-31)24(27-25(32)17-6-10-36(34,35)11-7-17)18-4-5-21-20(12-18)23(28-30(21)3)19-13-26-29(2)14-19/h4-6,12-14H,7-11,15H2,1-3H3. The Balaban J connectivity index is 1.52. The quantitative estimate of drug-likeness (QED) is 0.423. The van der Waals surface area contributed by atoms with Gasteiger partial charge in [-0.2, -0.15) is 10.2 Å². The van der Waals surface area contributed by atoms with E-state index in [1.807, 2.05) is 42.0 Å². The maximum absolute atomic E-state index is 12.2. The third-order valence-corrected chi connectivity index (χ3v) is 8.61. The van der Waals surface area contributed by atoms with Gasteiger partial charge in [-0.1, -0.05) is 12.1 Å². The summed E-state index contributed by atoms with van der Waals surface area (Å²) in [4.78, 5) is 19.1. The largest absolute Gasteiger partial charge is 0.335 e. The summed E-state index contributed by atoms with van der Waals surface area (Å²) in [6.45, 7) is 3.27. The van der Waals surface area contributed by atoms with Crippen LogP contribution in [0.5, 0.6) is 0 Å². The van der Waals surface area contributed by atoms with Crippen molar-refractivity contribution in [3.8, 4) is 22.5 Å². The minimum absolute atomic E-state index is 0.0273. The summed E-state index contributed by atoms with van der Waals surface area (Å²) < 4.78 is 29.8. The summed E-state index contributed by atoms with van der Waals surface area (Å²) in [5.74, 6) is 0.998. The first-order valence-corrected chi connectivity index (χ1v) is 13.7. The Kier molecular flexibility index (Phi) is 5.15. The molecule has 0 saturated heterocycles. The number of carbonyl (C=O) groups excluding carboxylic acids is 1. The van der Waals surface area contributed by atoms with E-state index in [9.17, 15) is 13.2 Å². The molecule has 10 nitrogen and oxygen atoms in total. The number of aromatic nitrogens is 6. The van der Waals surface area contributed by atoms with Crippen LogP contribution in [0.4, 0.5) is 0 Å². The minimum Gasteiger partial charge on any atom is -0.335 e. The first-order chi connectivity index (χ1) is 17.2. The van der Waals surface area contributed by atoms with Crippen molar-refractivity contribution >= 4 is 32.2 Å². The molecule has 6 rings (SSSR count). The molecule has 0 bridgehead atoms. The van der Waals surface area contributed by atoms with Crippen LogP contribution in [0.25, 0.3) is 39.0 Å². The third-order valence-electron chi connectivity index (χ3n) is 7.11. The molecule has 4 aromatic rings. The second-order valence-corrected chi connectivity index (χ2v) is 11.8. The molecule has 0 unspecified atom stereocenters. The Bertz CT molecular complexity index is 1670. The highest BCUT2D eigenvalue weighted by molar-refractivity contribution is 7.91. The second kappa shape index (κ2) is 8.16. The van der Waals surface area contributed by atoms with Crippen LogP contribution in [0.15, 0.2) is 36.7 Å². The Labute approximate surface area is 208 Å². The van der Waals surface area contributed by atoms with Crippen molar-refractivity contribution in [1.29, 1.82) is 0 Å². The fraction of sp³-hybridized carbons (Fsp3) is 0.360. The molecule has 1 aromatic carbocycles. The number of sulfone groups is 1. The van der Waals surface area contributed by atoms with Gasteiger partial charge in [0.25, 0.3) is 0 Å². The molecular formula is C25H27N7O3S. The van der Waals surface area contributed by atoms with Crippen molar-refractivity contribution < 1.29 is 13.2 Å². The normalized spacial score (nSPS) is 17.3. The van der Waals surface area contributed by atoms with Crippen molar-refractivity contribution in [3.05, 3.63) is 48.2 Å². The van der Waals surface area contributed by atoms with E-state index in [4.69, 9.17) is 10.1 Å². The topological polar surface area (TPSA) is 108 Å². The maximum Gasteiger partial charge on any atom is 0.219 e. The van der Waals surface area contributed by atoms with Crippen LogP contribution in [0.2, 0.25) is 0 Å². The van der Waals surface area contributed by atoms with Crippen LogP contribution in [-0.4, -0.2) is 66.4 Å². The zero-order chi connectivity index (χ0) is 25.2. The molecule has 0 atom stereocenters. The van der Waals surface area contributed by atoms with E-state index in [0.717, 1.165) is 50.5 Å². The first-order valence-electron chi connectivity index (χ1n) is 11.9. The van der Waals surface area contributed by atoms with Crippen molar-refractivity contribution in [3.63, 3.8) is 0 Å². The Hall–Kier alpha value is -3.73. The van der Waals surface area contributed by atoms with Crippen LogP contribution in [0, 0.1) is 0 Å². The summed E-state index contributed by atoms with van der Waals surface area (Å²) in [5.41, 5.74) is 6.44. The van der Waals surface area contributed by atoms with Crippen molar-refractivity contribution in [2.45, 2.75) is 26.4 Å². The zero-order valence-electron chi connectivity index (χ0n) is 20.5. The van der Waals surface area contributed by atoms with E-state index in [0.29, 0.717) is 26.1 Å². The Morgan fingerprint density at radius 2 is 1.92 bits per heavy atom. The highest BCUT2D eigenvalue weighted by Gasteiger charge is 2.29. The van der Waals surface area contributed by atoms with Crippen LogP contribution in [-0.2, 0) is 41.8 Å². The van der Waals surface area contributed by atoms with Gasteiger partial charge >= 0.3 is 0 Å². The number of fused-ring (bicyclic) bond motifs is 2. The molecule has 2 aliphatic heterocycles. The SMILES string of the molecule is CC(=O)N1CCn2c(C3=CCS(=O)(=O)CC3)nc(-c3ccc4c(c3)c(-c3cnn(C)c3)nn4C)c2C1. The lowest BCUT2D eigenvalue weighted by atomic mass is 10.0. The number of amides is 1. The molecule has 186 valence electrons. The van der Waals surface area contributed by atoms with Gasteiger partial charge in [-0.05, 0) is 24.1 Å². The van der Waals surface area contributed by atoms with Gasteiger partial charge in [-0.25, -0.2) is 13.4 Å². The number of hydrogen-bond donors (Lipinski definition) is 0. The lowest BCUT2D eigenvalue weighted by Gasteiger charge is -2.29. The highest BCUT2D eigenvalue weighted by Crippen LogP contribution is 2.36. The van der Waals surface area contributed by atoms with Crippen LogP contribution >= 0.6 is 0 Å². The van der Waals surface area contributed by atoms with Crippen LogP contribution in [0.1, 0.15) is 24.9 Å². The fourth-order valence-electron chi connectivity index (χ4n) is 5.16. The first kappa shape index (κ1) is 22.7. The number of nitrogens with zero attached hydrogens (tertiary/aromatic N) is 7. The van der Waals surface area contributed by atoms with E-state index in [1.54, 1.807) is 23.9 Å². The monoisotopic (exact) mass is 505 g/mol. The lowest BCUT2D eigenvalue weighted by Crippen LogP contribution is -2.37. The van der Waals surface area contributed by atoms with E-state index >= 15 is 0 Å². The number of aryl methyl sites for hydroxylation is 2. The molecule has 0 aliphatic carbocycles. The third kappa shape index (κ3) is 3.74. The average Bonchev–Trinajstić information content (AvgIpc) is 3.54. The molecule has 2 aliphatic rings. The highest BCUT2D eigenvalue weighted by atomic mass is 32.2. The number of carbonyl (C=O) groups is 1. The molecule has 0 saturated carbocycles. The van der Waals surface area contributed by atoms with Gasteiger partial charge in [-0.15, -0.1) is 0 Å². The van der Waals surface area contributed by atoms with Gasteiger partial charge in [-0.3, -0.25) is 14.2 Å². The molecule has 5 heterocycles. The van der Waals surface area contributed by atoms with Crippen molar-refractivity contribution in [2.75, 3.05) is 18.1 Å². The number of hydrogen-bond acceptors (Lipinski definition) is 6. The van der Waals surface area contributed by atoms with Gasteiger partial charge in [0.1, 0.15) is 11.5 Å². The van der Waals surface area contributed by atoms with Crippen molar-refractivity contribution in [2.24, 2.45) is 14.1 Å². The summed E-state index contributed by atoms with van der Waals surface area (Å²) in [6, 6.07) is 6.18.